The monoisotopic (exact) mass is 280 g/mol. The van der Waals surface area contributed by atoms with Gasteiger partial charge in [-0.1, -0.05) is 54.6 Å². The minimum absolute atomic E-state index is 0.196. The summed E-state index contributed by atoms with van der Waals surface area (Å²) in [6.45, 7) is 3.71. The first-order valence-electron chi connectivity index (χ1n) is 7.40. The van der Waals surface area contributed by atoms with Gasteiger partial charge in [-0.15, -0.1) is 6.58 Å². The summed E-state index contributed by atoms with van der Waals surface area (Å²) < 4.78 is 12.9. The van der Waals surface area contributed by atoms with E-state index in [1.807, 2.05) is 18.2 Å². The van der Waals surface area contributed by atoms with Crippen molar-refractivity contribution in [2.75, 3.05) is 0 Å². The van der Waals surface area contributed by atoms with Gasteiger partial charge in [0, 0.05) is 0 Å². The number of rotatable bonds is 7. The minimum Gasteiger partial charge on any atom is -0.207 e. The fourth-order valence-corrected chi connectivity index (χ4v) is 2.21. The summed E-state index contributed by atoms with van der Waals surface area (Å²) >= 11 is 0. The average molecular weight is 280 g/mol. The molecule has 1 heteroatoms. The molecular formula is C20H21F. The van der Waals surface area contributed by atoms with Crippen molar-refractivity contribution in [2.24, 2.45) is 0 Å². The summed E-state index contributed by atoms with van der Waals surface area (Å²) in [5, 5.41) is 0. The number of allylic oxidation sites excluding steroid dienone is 3. The van der Waals surface area contributed by atoms with Crippen LogP contribution in [0.25, 0.3) is 11.1 Å². The molecule has 0 saturated carbocycles. The molecule has 0 radical (unpaired) electrons. The van der Waals surface area contributed by atoms with Crippen LogP contribution in [0.5, 0.6) is 0 Å². The van der Waals surface area contributed by atoms with E-state index >= 15 is 0 Å². The Labute approximate surface area is 126 Å². The standard InChI is InChI=1S/C20H21F/c1-2-3-4-5-6-7-8-17-9-11-18(12-10-17)19-13-15-20(21)16-14-19/h2,5-6,9-16H,1,3-4,7-8H2/b6-5+. The van der Waals surface area contributed by atoms with Gasteiger partial charge in [0.25, 0.3) is 0 Å². The Morgan fingerprint density at radius 3 is 1.95 bits per heavy atom. The van der Waals surface area contributed by atoms with Crippen LogP contribution >= 0.6 is 0 Å². The summed E-state index contributed by atoms with van der Waals surface area (Å²) in [6, 6.07) is 15.1. The van der Waals surface area contributed by atoms with Gasteiger partial charge in [0.2, 0.25) is 0 Å². The van der Waals surface area contributed by atoms with Crippen LogP contribution in [-0.4, -0.2) is 0 Å². The highest BCUT2D eigenvalue weighted by Gasteiger charge is 1.98. The van der Waals surface area contributed by atoms with Gasteiger partial charge in [0.05, 0.1) is 0 Å². The zero-order valence-electron chi connectivity index (χ0n) is 12.3. The molecule has 0 N–H and O–H groups in total. The first-order valence-corrected chi connectivity index (χ1v) is 7.40. The lowest BCUT2D eigenvalue weighted by atomic mass is 10.0. The maximum Gasteiger partial charge on any atom is 0.123 e. The largest absolute Gasteiger partial charge is 0.207 e. The number of hydrogen-bond acceptors (Lipinski definition) is 0. The Kier molecular flexibility index (Phi) is 5.96. The lowest BCUT2D eigenvalue weighted by Crippen LogP contribution is -1.84. The molecule has 2 aromatic rings. The van der Waals surface area contributed by atoms with E-state index in [4.69, 9.17) is 0 Å². The van der Waals surface area contributed by atoms with E-state index in [0.717, 1.165) is 36.8 Å². The smallest absolute Gasteiger partial charge is 0.123 e. The second kappa shape index (κ2) is 8.21. The molecule has 0 heterocycles. The fourth-order valence-electron chi connectivity index (χ4n) is 2.21. The van der Waals surface area contributed by atoms with Crippen LogP contribution in [0.3, 0.4) is 0 Å². The molecule has 0 spiro atoms. The van der Waals surface area contributed by atoms with E-state index in [1.54, 1.807) is 0 Å². The number of halogens is 1. The highest BCUT2D eigenvalue weighted by molar-refractivity contribution is 5.63. The zero-order chi connectivity index (χ0) is 14.9. The van der Waals surface area contributed by atoms with E-state index in [9.17, 15) is 4.39 Å². The van der Waals surface area contributed by atoms with Crippen LogP contribution < -0.4 is 0 Å². The van der Waals surface area contributed by atoms with Crippen LogP contribution in [0.15, 0.2) is 73.3 Å². The SMILES string of the molecule is C=CCC/C=C/CCc1ccc(-c2ccc(F)cc2)cc1. The molecule has 0 aliphatic carbocycles. The van der Waals surface area contributed by atoms with Crippen LogP contribution in [0, 0.1) is 5.82 Å². The Morgan fingerprint density at radius 2 is 1.33 bits per heavy atom. The fraction of sp³-hybridized carbons (Fsp3) is 0.200. The van der Waals surface area contributed by atoms with Gasteiger partial charge < -0.3 is 0 Å². The van der Waals surface area contributed by atoms with Crippen molar-refractivity contribution in [2.45, 2.75) is 25.7 Å². The molecule has 0 aliphatic heterocycles. The molecule has 0 bridgehead atoms. The van der Waals surface area contributed by atoms with E-state index < -0.39 is 0 Å². The third kappa shape index (κ3) is 5.03. The Bertz CT molecular complexity index is 576. The second-order valence-electron chi connectivity index (χ2n) is 5.08. The summed E-state index contributed by atoms with van der Waals surface area (Å²) in [7, 11) is 0. The van der Waals surface area contributed by atoms with Gasteiger partial charge >= 0.3 is 0 Å². The summed E-state index contributed by atoms with van der Waals surface area (Å²) in [6.07, 6.45) is 10.6. The summed E-state index contributed by atoms with van der Waals surface area (Å²) in [5.41, 5.74) is 3.50. The van der Waals surface area contributed by atoms with Crippen molar-refractivity contribution >= 4 is 0 Å². The minimum atomic E-state index is -0.196. The quantitative estimate of drug-likeness (QED) is 0.434. The molecule has 0 fully saturated rings. The van der Waals surface area contributed by atoms with Crippen molar-refractivity contribution in [3.05, 3.63) is 84.7 Å². The van der Waals surface area contributed by atoms with Crippen molar-refractivity contribution < 1.29 is 4.39 Å². The number of aryl methyl sites for hydroxylation is 1. The molecule has 0 aromatic heterocycles. The zero-order valence-corrected chi connectivity index (χ0v) is 12.3. The second-order valence-corrected chi connectivity index (χ2v) is 5.08. The number of unbranched alkanes of at least 4 members (excludes halogenated alkanes) is 1. The molecule has 0 unspecified atom stereocenters. The third-order valence-corrected chi connectivity index (χ3v) is 3.44. The van der Waals surface area contributed by atoms with Crippen LogP contribution in [-0.2, 0) is 6.42 Å². The van der Waals surface area contributed by atoms with E-state index in [1.165, 1.54) is 17.7 Å². The van der Waals surface area contributed by atoms with Crippen LogP contribution in [0.1, 0.15) is 24.8 Å². The third-order valence-electron chi connectivity index (χ3n) is 3.44. The van der Waals surface area contributed by atoms with Gasteiger partial charge in [0.1, 0.15) is 5.82 Å². The molecule has 21 heavy (non-hydrogen) atoms. The van der Waals surface area contributed by atoms with Crippen LogP contribution in [0.2, 0.25) is 0 Å². The lowest BCUT2D eigenvalue weighted by molar-refractivity contribution is 0.628. The topological polar surface area (TPSA) is 0 Å². The Hall–Kier alpha value is -2.15. The average Bonchev–Trinajstić information content (AvgIpc) is 2.52. The lowest BCUT2D eigenvalue weighted by Gasteiger charge is -2.04. The van der Waals surface area contributed by atoms with Crippen molar-refractivity contribution in [1.82, 2.24) is 0 Å². The first-order chi connectivity index (χ1) is 10.3. The normalized spacial score (nSPS) is 10.9. The van der Waals surface area contributed by atoms with E-state index in [-0.39, 0.29) is 5.82 Å². The molecule has 0 aliphatic rings. The maximum atomic E-state index is 12.9. The van der Waals surface area contributed by atoms with Gasteiger partial charge in [-0.3, -0.25) is 0 Å². The van der Waals surface area contributed by atoms with E-state index in [0.29, 0.717) is 0 Å². The van der Waals surface area contributed by atoms with Gasteiger partial charge in [-0.05, 0) is 54.5 Å². The van der Waals surface area contributed by atoms with Crippen molar-refractivity contribution in [3.8, 4) is 11.1 Å². The molecule has 2 rings (SSSR count). The van der Waals surface area contributed by atoms with Gasteiger partial charge in [-0.2, -0.15) is 0 Å². The Balaban J connectivity index is 1.88. The Morgan fingerprint density at radius 1 is 0.762 bits per heavy atom. The summed E-state index contributed by atoms with van der Waals surface area (Å²) in [4.78, 5) is 0. The molecule has 2 aromatic carbocycles. The van der Waals surface area contributed by atoms with Gasteiger partial charge in [-0.25, -0.2) is 4.39 Å². The highest BCUT2D eigenvalue weighted by Crippen LogP contribution is 2.20. The first kappa shape index (κ1) is 15.2. The van der Waals surface area contributed by atoms with Gasteiger partial charge in [0.15, 0.2) is 0 Å². The molecule has 108 valence electrons. The van der Waals surface area contributed by atoms with E-state index in [2.05, 4.69) is 43.0 Å². The maximum absolute atomic E-state index is 12.9. The predicted octanol–water partition coefficient (Wildman–Crippen LogP) is 5.95. The molecule has 0 atom stereocenters. The predicted molar refractivity (Wildman–Crippen MR) is 88.7 cm³/mol. The summed E-state index contributed by atoms with van der Waals surface area (Å²) in [5.74, 6) is -0.196. The van der Waals surface area contributed by atoms with Crippen LogP contribution in [0.4, 0.5) is 4.39 Å². The van der Waals surface area contributed by atoms with Crippen molar-refractivity contribution in [1.29, 1.82) is 0 Å². The van der Waals surface area contributed by atoms with Crippen molar-refractivity contribution in [3.63, 3.8) is 0 Å². The molecule has 0 nitrogen and oxygen atoms in total. The molecule has 0 saturated heterocycles. The molecule has 0 amide bonds. The molecular weight excluding hydrogens is 259 g/mol. The number of benzene rings is 2. The highest BCUT2D eigenvalue weighted by atomic mass is 19.1. The number of hydrogen-bond donors (Lipinski definition) is 0.